The Kier molecular flexibility index (Phi) is 7.18. The van der Waals surface area contributed by atoms with Crippen molar-refractivity contribution in [2.45, 2.75) is 25.8 Å². The summed E-state index contributed by atoms with van der Waals surface area (Å²) < 4.78 is 0. The number of carbonyl (C=O) groups excluding carboxylic acids is 1. The predicted octanol–water partition coefficient (Wildman–Crippen LogP) is 3.30. The van der Waals surface area contributed by atoms with Crippen LogP contribution in [0.15, 0.2) is 48.5 Å². The Morgan fingerprint density at radius 1 is 0.839 bits per heavy atom. The number of piperidine rings is 1. The van der Waals surface area contributed by atoms with Crippen molar-refractivity contribution in [3.63, 3.8) is 0 Å². The van der Waals surface area contributed by atoms with Crippen LogP contribution in [0.5, 0.6) is 0 Å². The van der Waals surface area contributed by atoms with Crippen LogP contribution in [0.2, 0.25) is 0 Å². The van der Waals surface area contributed by atoms with Crippen LogP contribution in [0.3, 0.4) is 0 Å². The zero-order valence-corrected chi connectivity index (χ0v) is 18.1. The van der Waals surface area contributed by atoms with Crippen LogP contribution >= 0.6 is 0 Å². The van der Waals surface area contributed by atoms with E-state index in [9.17, 15) is 4.79 Å². The summed E-state index contributed by atoms with van der Waals surface area (Å²) in [6.45, 7) is 7.23. The van der Waals surface area contributed by atoms with Gasteiger partial charge in [0, 0.05) is 57.2 Å². The van der Waals surface area contributed by atoms with Crippen LogP contribution in [0.4, 0.5) is 11.4 Å². The third-order valence-electron chi connectivity index (χ3n) is 6.19. The van der Waals surface area contributed by atoms with Gasteiger partial charge in [-0.2, -0.15) is 5.26 Å². The van der Waals surface area contributed by atoms with Gasteiger partial charge in [-0.15, -0.1) is 0 Å². The maximum absolute atomic E-state index is 12.5. The molecule has 2 aromatic carbocycles. The lowest BCUT2D eigenvalue weighted by Gasteiger charge is -2.34. The van der Waals surface area contributed by atoms with E-state index in [1.165, 1.54) is 30.5 Å². The molecule has 2 aliphatic heterocycles. The molecule has 0 spiro atoms. The van der Waals surface area contributed by atoms with E-state index in [-0.39, 0.29) is 5.91 Å². The number of nitrogens with zero attached hydrogens (tertiary/aromatic N) is 4. The first-order chi connectivity index (χ1) is 15.2. The molecule has 1 amide bonds. The Morgan fingerprint density at radius 2 is 1.48 bits per heavy atom. The smallest absolute Gasteiger partial charge is 0.238 e. The molecule has 0 unspecified atom stereocenters. The Hall–Kier alpha value is -2.88. The van der Waals surface area contributed by atoms with Crippen LogP contribution in [0.25, 0.3) is 0 Å². The lowest BCUT2D eigenvalue weighted by Crippen LogP contribution is -2.48. The normalized spacial score (nSPS) is 17.8. The Morgan fingerprint density at radius 3 is 2.13 bits per heavy atom. The third kappa shape index (κ3) is 6.06. The number of nitriles is 1. The van der Waals surface area contributed by atoms with Crippen LogP contribution < -0.4 is 10.2 Å². The SMILES string of the molecule is N#Cc1ccc(CN2CCN(CC(=O)Nc3ccc(N4CCCCC4)cc3)CC2)cc1. The summed E-state index contributed by atoms with van der Waals surface area (Å²) in [5.41, 5.74) is 4.03. The lowest BCUT2D eigenvalue weighted by atomic mass is 10.1. The van der Waals surface area contributed by atoms with E-state index >= 15 is 0 Å². The van der Waals surface area contributed by atoms with E-state index < -0.39 is 0 Å². The minimum absolute atomic E-state index is 0.0475. The number of hydrogen-bond acceptors (Lipinski definition) is 5. The van der Waals surface area contributed by atoms with E-state index in [0.717, 1.165) is 51.5 Å². The first kappa shape index (κ1) is 21.4. The molecule has 0 aromatic heterocycles. The molecule has 6 heteroatoms. The number of piperazine rings is 1. The summed E-state index contributed by atoms with van der Waals surface area (Å²) >= 11 is 0. The van der Waals surface area contributed by atoms with Crippen LogP contribution in [0.1, 0.15) is 30.4 Å². The monoisotopic (exact) mass is 417 g/mol. The van der Waals surface area contributed by atoms with Gasteiger partial charge in [-0.25, -0.2) is 0 Å². The summed E-state index contributed by atoms with van der Waals surface area (Å²) in [5, 5.41) is 12.0. The molecule has 0 saturated carbocycles. The molecule has 2 fully saturated rings. The zero-order valence-electron chi connectivity index (χ0n) is 18.1. The maximum Gasteiger partial charge on any atom is 0.238 e. The van der Waals surface area contributed by atoms with Gasteiger partial charge in [-0.05, 0) is 61.2 Å². The van der Waals surface area contributed by atoms with Crippen molar-refractivity contribution in [2.75, 3.05) is 56.0 Å². The van der Waals surface area contributed by atoms with Crippen molar-refractivity contribution < 1.29 is 4.79 Å². The van der Waals surface area contributed by atoms with Gasteiger partial charge in [0.1, 0.15) is 0 Å². The van der Waals surface area contributed by atoms with Gasteiger partial charge >= 0.3 is 0 Å². The van der Waals surface area contributed by atoms with E-state index in [0.29, 0.717) is 12.1 Å². The van der Waals surface area contributed by atoms with Crippen molar-refractivity contribution in [1.29, 1.82) is 5.26 Å². The lowest BCUT2D eigenvalue weighted by molar-refractivity contribution is -0.117. The molecule has 1 N–H and O–H groups in total. The Labute approximate surface area is 185 Å². The molecule has 31 heavy (non-hydrogen) atoms. The average Bonchev–Trinajstić information content (AvgIpc) is 2.82. The fraction of sp³-hybridized carbons (Fsp3) is 0.440. The minimum atomic E-state index is 0.0475. The second-order valence-corrected chi connectivity index (χ2v) is 8.50. The van der Waals surface area contributed by atoms with Gasteiger partial charge in [-0.3, -0.25) is 14.6 Å². The summed E-state index contributed by atoms with van der Waals surface area (Å²) in [6.07, 6.45) is 3.85. The highest BCUT2D eigenvalue weighted by Gasteiger charge is 2.19. The summed E-state index contributed by atoms with van der Waals surface area (Å²) in [4.78, 5) is 19.5. The van der Waals surface area contributed by atoms with Crippen molar-refractivity contribution in [1.82, 2.24) is 9.80 Å². The number of carbonyl (C=O) groups is 1. The zero-order chi connectivity index (χ0) is 21.5. The summed E-state index contributed by atoms with van der Waals surface area (Å²) in [6, 6.07) is 18.2. The quantitative estimate of drug-likeness (QED) is 0.781. The second kappa shape index (κ2) is 10.4. The fourth-order valence-electron chi connectivity index (χ4n) is 4.36. The molecule has 0 bridgehead atoms. The van der Waals surface area contributed by atoms with Gasteiger partial charge in [-0.1, -0.05) is 12.1 Å². The van der Waals surface area contributed by atoms with Crippen molar-refractivity contribution in [3.05, 3.63) is 59.7 Å². The Bertz CT molecular complexity index is 889. The Balaban J connectivity index is 1.19. The molecular weight excluding hydrogens is 386 g/mol. The molecule has 0 aliphatic carbocycles. The van der Waals surface area contributed by atoms with Crippen molar-refractivity contribution >= 4 is 17.3 Å². The van der Waals surface area contributed by atoms with E-state index in [1.807, 2.05) is 36.4 Å². The number of rotatable bonds is 6. The van der Waals surface area contributed by atoms with E-state index in [1.54, 1.807) is 0 Å². The topological polar surface area (TPSA) is 62.6 Å². The van der Waals surface area contributed by atoms with Crippen LogP contribution in [-0.4, -0.2) is 61.5 Å². The first-order valence-corrected chi connectivity index (χ1v) is 11.3. The average molecular weight is 418 g/mol. The molecule has 4 rings (SSSR count). The highest BCUT2D eigenvalue weighted by Crippen LogP contribution is 2.21. The highest BCUT2D eigenvalue weighted by atomic mass is 16.2. The highest BCUT2D eigenvalue weighted by molar-refractivity contribution is 5.92. The van der Waals surface area contributed by atoms with Gasteiger partial charge in [0.25, 0.3) is 0 Å². The van der Waals surface area contributed by atoms with Crippen molar-refractivity contribution in [2.24, 2.45) is 0 Å². The molecule has 0 atom stereocenters. The van der Waals surface area contributed by atoms with Crippen LogP contribution in [-0.2, 0) is 11.3 Å². The minimum Gasteiger partial charge on any atom is -0.372 e. The molecule has 162 valence electrons. The number of amides is 1. The number of anilines is 2. The van der Waals surface area contributed by atoms with E-state index in [4.69, 9.17) is 5.26 Å². The summed E-state index contributed by atoms with van der Waals surface area (Å²) in [5.74, 6) is 0.0475. The first-order valence-electron chi connectivity index (χ1n) is 11.3. The molecule has 0 radical (unpaired) electrons. The van der Waals surface area contributed by atoms with Crippen molar-refractivity contribution in [3.8, 4) is 6.07 Å². The van der Waals surface area contributed by atoms with Gasteiger partial charge in [0.2, 0.25) is 5.91 Å². The maximum atomic E-state index is 12.5. The third-order valence-corrected chi connectivity index (χ3v) is 6.19. The van der Waals surface area contributed by atoms with Crippen LogP contribution in [0, 0.1) is 11.3 Å². The molecule has 2 heterocycles. The number of benzene rings is 2. The largest absolute Gasteiger partial charge is 0.372 e. The van der Waals surface area contributed by atoms with E-state index in [2.05, 4.69) is 38.2 Å². The molecular formula is C25H31N5O. The molecule has 6 nitrogen and oxygen atoms in total. The number of hydrogen-bond donors (Lipinski definition) is 1. The van der Waals surface area contributed by atoms with Gasteiger partial charge < -0.3 is 10.2 Å². The summed E-state index contributed by atoms with van der Waals surface area (Å²) in [7, 11) is 0. The standard InChI is InChI=1S/C25H31N5O/c26-18-21-4-6-22(7-5-21)19-28-14-16-29(17-15-28)20-25(31)27-23-8-10-24(11-9-23)30-12-2-1-3-13-30/h4-11H,1-3,12-17,19-20H2,(H,27,31). The second-order valence-electron chi connectivity index (χ2n) is 8.50. The fourth-order valence-corrected chi connectivity index (χ4v) is 4.36. The van der Waals surface area contributed by atoms with Gasteiger partial charge in [0.15, 0.2) is 0 Å². The molecule has 2 saturated heterocycles. The predicted molar refractivity (Wildman–Crippen MR) is 124 cm³/mol. The molecule has 2 aliphatic rings. The molecule has 2 aromatic rings. The number of nitrogens with one attached hydrogen (secondary N) is 1. The van der Waals surface area contributed by atoms with Gasteiger partial charge in [0.05, 0.1) is 18.2 Å².